The summed E-state index contributed by atoms with van der Waals surface area (Å²) in [7, 11) is 1.49. The van der Waals surface area contributed by atoms with Crippen molar-refractivity contribution in [3.8, 4) is 6.07 Å². The molecule has 2 fully saturated rings. The number of benzene rings is 1. The summed E-state index contributed by atoms with van der Waals surface area (Å²) in [4.78, 5) is 25.0. The second-order valence-electron chi connectivity index (χ2n) is 6.44. The highest BCUT2D eigenvalue weighted by Gasteiger charge is 2.44. The van der Waals surface area contributed by atoms with E-state index in [1.807, 2.05) is 24.3 Å². The van der Waals surface area contributed by atoms with Gasteiger partial charge in [-0.15, -0.1) is 0 Å². The Kier molecular flexibility index (Phi) is 4.71. The molecule has 1 heterocycles. The minimum Gasteiger partial charge on any atom is -0.442 e. The highest BCUT2D eigenvalue weighted by atomic mass is 16.6. The van der Waals surface area contributed by atoms with Gasteiger partial charge in [-0.3, -0.25) is 9.69 Å². The lowest BCUT2D eigenvalue weighted by Gasteiger charge is -2.14. The van der Waals surface area contributed by atoms with Crippen LogP contribution >= 0.6 is 0 Å². The minimum atomic E-state index is -0.422. The Balaban J connectivity index is 1.58. The maximum Gasteiger partial charge on any atom is 0.414 e. The van der Waals surface area contributed by atoms with Gasteiger partial charge in [0.25, 0.3) is 5.91 Å². The zero-order valence-electron chi connectivity index (χ0n) is 14.5. The quantitative estimate of drug-likeness (QED) is 0.646. The first-order valence-electron chi connectivity index (χ1n) is 8.40. The third-order valence-electron chi connectivity index (χ3n) is 4.66. The second-order valence-corrected chi connectivity index (χ2v) is 6.44. The van der Waals surface area contributed by atoms with E-state index in [2.05, 4.69) is 16.7 Å². The van der Waals surface area contributed by atoms with E-state index in [1.165, 1.54) is 13.2 Å². The molecule has 1 aromatic rings. The summed E-state index contributed by atoms with van der Waals surface area (Å²) in [5.41, 5.74) is 7.00. The van der Waals surface area contributed by atoms with Gasteiger partial charge >= 0.3 is 6.09 Å². The van der Waals surface area contributed by atoms with Crippen LogP contribution in [0.1, 0.15) is 18.4 Å². The van der Waals surface area contributed by atoms with Crippen LogP contribution in [0.2, 0.25) is 0 Å². The summed E-state index contributed by atoms with van der Waals surface area (Å²) in [6, 6.07) is 9.84. The molecular weight excluding hydrogens is 334 g/mol. The van der Waals surface area contributed by atoms with Crippen molar-refractivity contribution in [2.45, 2.75) is 24.4 Å². The Hall–Kier alpha value is -3.21. The van der Waals surface area contributed by atoms with Crippen molar-refractivity contribution in [2.24, 2.45) is 5.73 Å². The molecule has 1 saturated heterocycles. The Morgan fingerprint density at radius 2 is 2.15 bits per heavy atom. The molecule has 2 aliphatic rings. The zero-order valence-corrected chi connectivity index (χ0v) is 14.5. The van der Waals surface area contributed by atoms with Gasteiger partial charge in [-0.1, -0.05) is 12.1 Å². The number of cyclic esters (lactones) is 1. The van der Waals surface area contributed by atoms with Gasteiger partial charge in [-0.05, 0) is 30.5 Å². The molecule has 1 atom stereocenters. The number of likely N-dealkylation sites (N-methyl/N-ethyl adjacent to an activating group) is 1. The predicted molar refractivity (Wildman–Crippen MR) is 94.9 cm³/mol. The molecule has 1 aromatic carbocycles. The maximum absolute atomic E-state index is 12.1. The zero-order chi connectivity index (χ0) is 18.7. The first-order valence-corrected chi connectivity index (χ1v) is 8.40. The van der Waals surface area contributed by atoms with Crippen LogP contribution in [0.25, 0.3) is 0 Å². The topological polar surface area (TPSA) is 120 Å². The van der Waals surface area contributed by atoms with E-state index in [-0.39, 0.29) is 23.1 Å². The Bertz CT molecular complexity index is 777. The molecule has 0 radical (unpaired) electrons. The van der Waals surface area contributed by atoms with Crippen molar-refractivity contribution in [1.29, 1.82) is 5.26 Å². The molecule has 8 nitrogen and oxygen atoms in total. The van der Waals surface area contributed by atoms with E-state index in [1.54, 1.807) is 4.90 Å². The number of nitrogens with two attached hydrogens (primary N) is 1. The molecule has 1 saturated carbocycles. The number of anilines is 1. The summed E-state index contributed by atoms with van der Waals surface area (Å²) in [5, 5.41) is 14.6. The van der Waals surface area contributed by atoms with Crippen molar-refractivity contribution in [3.05, 3.63) is 41.7 Å². The number of nitrogens with one attached hydrogen (secondary N) is 2. The Morgan fingerprint density at radius 1 is 1.46 bits per heavy atom. The average Bonchev–Trinajstić information content (AvgIpc) is 3.38. The van der Waals surface area contributed by atoms with Crippen LogP contribution in [0.5, 0.6) is 0 Å². The molecule has 1 aliphatic heterocycles. The molecule has 26 heavy (non-hydrogen) atoms. The van der Waals surface area contributed by atoms with Crippen LogP contribution < -0.4 is 21.3 Å². The molecule has 2 amide bonds. The predicted octanol–water partition coefficient (Wildman–Crippen LogP) is 0.703. The van der Waals surface area contributed by atoms with Crippen LogP contribution in [-0.2, 0) is 14.9 Å². The van der Waals surface area contributed by atoms with E-state index in [0.717, 1.165) is 24.1 Å². The van der Waals surface area contributed by atoms with Crippen LogP contribution in [0.15, 0.2) is 36.2 Å². The normalized spacial score (nSPS) is 20.9. The van der Waals surface area contributed by atoms with Gasteiger partial charge in [-0.25, -0.2) is 4.79 Å². The van der Waals surface area contributed by atoms with Gasteiger partial charge in [0, 0.05) is 18.9 Å². The van der Waals surface area contributed by atoms with Gasteiger partial charge in [0.15, 0.2) is 0 Å². The Morgan fingerprint density at radius 3 is 2.73 bits per heavy atom. The number of ether oxygens (including phenoxy) is 1. The molecule has 0 bridgehead atoms. The number of hydrogen-bond acceptors (Lipinski definition) is 6. The van der Waals surface area contributed by atoms with Gasteiger partial charge in [0.1, 0.15) is 11.8 Å². The number of rotatable bonds is 6. The highest BCUT2D eigenvalue weighted by Crippen LogP contribution is 2.47. The molecule has 3 rings (SSSR count). The standard InChI is InChI=1S/C18H21N5O3/c1-21-16(24)15(20)9-22-8-14-10-23(17(25)26-14)13-4-2-12(3-5-13)18(11-19)6-7-18/h2-5,9,14,22H,6-8,10,20H2,1H3,(H,21,24)/b15-9-. The Labute approximate surface area is 151 Å². The van der Waals surface area contributed by atoms with Crippen LogP contribution in [0.4, 0.5) is 10.5 Å². The van der Waals surface area contributed by atoms with Crippen molar-refractivity contribution < 1.29 is 14.3 Å². The summed E-state index contributed by atoms with van der Waals surface area (Å²) >= 11 is 0. The first-order chi connectivity index (χ1) is 12.5. The number of carbonyl (C=O) groups is 2. The smallest absolute Gasteiger partial charge is 0.414 e. The molecule has 0 aromatic heterocycles. The van der Waals surface area contributed by atoms with E-state index >= 15 is 0 Å². The average molecular weight is 355 g/mol. The summed E-state index contributed by atoms with van der Waals surface area (Å²) in [6.45, 7) is 0.734. The number of amides is 2. The number of nitriles is 1. The third-order valence-corrected chi connectivity index (χ3v) is 4.66. The lowest BCUT2D eigenvalue weighted by atomic mass is 9.97. The fourth-order valence-electron chi connectivity index (χ4n) is 2.90. The fourth-order valence-corrected chi connectivity index (χ4v) is 2.90. The van der Waals surface area contributed by atoms with Crippen molar-refractivity contribution >= 4 is 17.7 Å². The molecule has 1 aliphatic carbocycles. The number of carbonyl (C=O) groups excluding carboxylic acids is 2. The monoisotopic (exact) mass is 355 g/mol. The number of hydrogen-bond donors (Lipinski definition) is 3. The van der Waals surface area contributed by atoms with Gasteiger partial charge in [0.2, 0.25) is 0 Å². The van der Waals surface area contributed by atoms with Gasteiger partial charge < -0.3 is 21.1 Å². The maximum atomic E-state index is 12.1. The third kappa shape index (κ3) is 3.42. The molecule has 0 spiro atoms. The van der Waals surface area contributed by atoms with Crippen LogP contribution in [0.3, 0.4) is 0 Å². The SMILES string of the molecule is CNC(=O)/C(N)=C/NCC1CN(c2ccc(C3(C#N)CC3)cc2)C(=O)O1. The fraction of sp³-hybridized carbons (Fsp3) is 0.389. The molecule has 1 unspecified atom stereocenters. The van der Waals surface area contributed by atoms with Crippen LogP contribution in [-0.4, -0.2) is 38.2 Å². The lowest BCUT2D eigenvalue weighted by molar-refractivity contribution is -0.117. The molecular formula is C18H21N5O3. The molecule has 136 valence electrons. The van der Waals surface area contributed by atoms with E-state index in [9.17, 15) is 14.9 Å². The lowest BCUT2D eigenvalue weighted by Crippen LogP contribution is -2.31. The number of nitrogens with zero attached hydrogens (tertiary/aromatic N) is 2. The minimum absolute atomic E-state index is 0.0516. The molecule has 8 heteroatoms. The van der Waals surface area contributed by atoms with E-state index < -0.39 is 6.09 Å². The van der Waals surface area contributed by atoms with Crippen molar-refractivity contribution in [3.63, 3.8) is 0 Å². The van der Waals surface area contributed by atoms with Crippen LogP contribution in [0, 0.1) is 11.3 Å². The summed E-state index contributed by atoms with van der Waals surface area (Å²) in [5.74, 6) is -0.381. The molecule has 4 N–H and O–H groups in total. The van der Waals surface area contributed by atoms with E-state index in [0.29, 0.717) is 13.1 Å². The second kappa shape index (κ2) is 6.96. The van der Waals surface area contributed by atoms with Gasteiger partial charge in [0.05, 0.1) is 24.6 Å². The summed E-state index contributed by atoms with van der Waals surface area (Å²) < 4.78 is 5.33. The van der Waals surface area contributed by atoms with E-state index in [4.69, 9.17) is 10.5 Å². The van der Waals surface area contributed by atoms with Crippen molar-refractivity contribution in [2.75, 3.05) is 25.0 Å². The largest absolute Gasteiger partial charge is 0.442 e. The first kappa shape index (κ1) is 17.6. The van der Waals surface area contributed by atoms with Crippen molar-refractivity contribution in [1.82, 2.24) is 10.6 Å². The van der Waals surface area contributed by atoms with Gasteiger partial charge in [-0.2, -0.15) is 5.26 Å². The summed E-state index contributed by atoms with van der Waals surface area (Å²) in [6.07, 6.45) is 2.38. The highest BCUT2D eigenvalue weighted by molar-refractivity contribution is 5.92.